The SMILES string of the molecule is COc1ccc2c(c1)nc(N1CCCNCC1)n2C. The molecule has 3 rings (SSSR count). The van der Waals surface area contributed by atoms with Gasteiger partial charge in [0.25, 0.3) is 0 Å². The van der Waals surface area contributed by atoms with Gasteiger partial charge in [0.1, 0.15) is 5.75 Å². The molecule has 1 aliphatic rings. The molecular formula is C14H20N4O. The summed E-state index contributed by atoms with van der Waals surface area (Å²) in [5.41, 5.74) is 2.14. The second-order valence-corrected chi connectivity index (χ2v) is 4.92. The lowest BCUT2D eigenvalue weighted by atomic mass is 10.3. The van der Waals surface area contributed by atoms with Gasteiger partial charge in [-0.15, -0.1) is 0 Å². The van der Waals surface area contributed by atoms with Crippen LogP contribution in [0.1, 0.15) is 6.42 Å². The summed E-state index contributed by atoms with van der Waals surface area (Å²) in [6.07, 6.45) is 1.16. The molecule has 5 heteroatoms. The first kappa shape index (κ1) is 12.3. The van der Waals surface area contributed by atoms with Gasteiger partial charge in [0.05, 0.1) is 18.1 Å². The van der Waals surface area contributed by atoms with Gasteiger partial charge in [0.15, 0.2) is 0 Å². The van der Waals surface area contributed by atoms with Crippen LogP contribution in [-0.2, 0) is 7.05 Å². The molecule has 102 valence electrons. The largest absolute Gasteiger partial charge is 0.497 e. The molecule has 0 amide bonds. The lowest BCUT2D eigenvalue weighted by Gasteiger charge is -2.20. The third-order valence-electron chi connectivity index (χ3n) is 3.69. The normalized spacial score (nSPS) is 16.6. The van der Waals surface area contributed by atoms with E-state index in [1.165, 1.54) is 0 Å². The predicted molar refractivity (Wildman–Crippen MR) is 77.0 cm³/mol. The topological polar surface area (TPSA) is 42.3 Å². The Bertz CT molecular complexity index is 570. The molecule has 2 aromatic rings. The lowest BCUT2D eigenvalue weighted by Crippen LogP contribution is -2.29. The standard InChI is InChI=1S/C14H20N4O/c1-17-13-5-4-11(19-2)10-12(13)16-14(17)18-8-3-6-15-7-9-18/h4-5,10,15H,3,6-9H2,1-2H3. The molecule has 0 radical (unpaired) electrons. The summed E-state index contributed by atoms with van der Waals surface area (Å²) in [6, 6.07) is 6.05. The van der Waals surface area contributed by atoms with Crippen LogP contribution in [0, 0.1) is 0 Å². The maximum Gasteiger partial charge on any atom is 0.206 e. The number of nitrogens with zero attached hydrogens (tertiary/aromatic N) is 3. The third kappa shape index (κ3) is 2.26. The summed E-state index contributed by atoms with van der Waals surface area (Å²) in [5, 5.41) is 3.42. The molecule has 1 aliphatic heterocycles. The molecule has 2 heterocycles. The van der Waals surface area contributed by atoms with Crippen LogP contribution in [0.25, 0.3) is 11.0 Å². The van der Waals surface area contributed by atoms with Gasteiger partial charge in [0.2, 0.25) is 5.95 Å². The van der Waals surface area contributed by atoms with Gasteiger partial charge >= 0.3 is 0 Å². The number of nitrogens with one attached hydrogen (secondary N) is 1. The number of aryl methyl sites for hydroxylation is 1. The van der Waals surface area contributed by atoms with E-state index in [2.05, 4.69) is 27.9 Å². The Morgan fingerprint density at radius 2 is 2.16 bits per heavy atom. The van der Waals surface area contributed by atoms with Crippen molar-refractivity contribution >= 4 is 17.0 Å². The average molecular weight is 260 g/mol. The van der Waals surface area contributed by atoms with Crippen LogP contribution in [0.15, 0.2) is 18.2 Å². The molecule has 0 spiro atoms. The molecule has 0 bridgehead atoms. The van der Waals surface area contributed by atoms with E-state index in [-0.39, 0.29) is 0 Å². The Hall–Kier alpha value is -1.75. The maximum atomic E-state index is 5.26. The molecule has 1 aromatic heterocycles. The second-order valence-electron chi connectivity index (χ2n) is 4.92. The zero-order valence-electron chi connectivity index (χ0n) is 11.5. The molecule has 5 nitrogen and oxygen atoms in total. The number of aromatic nitrogens is 2. The Morgan fingerprint density at radius 1 is 1.26 bits per heavy atom. The summed E-state index contributed by atoms with van der Waals surface area (Å²) in [4.78, 5) is 7.12. The summed E-state index contributed by atoms with van der Waals surface area (Å²) in [6.45, 7) is 4.18. The van der Waals surface area contributed by atoms with E-state index in [4.69, 9.17) is 9.72 Å². The first-order valence-corrected chi connectivity index (χ1v) is 6.76. The number of ether oxygens (including phenoxy) is 1. The molecule has 0 atom stereocenters. The van der Waals surface area contributed by atoms with Gasteiger partial charge in [0, 0.05) is 32.7 Å². The fraction of sp³-hybridized carbons (Fsp3) is 0.500. The highest BCUT2D eigenvalue weighted by Gasteiger charge is 2.16. The number of methoxy groups -OCH3 is 1. The van der Waals surface area contributed by atoms with Gasteiger partial charge in [-0.3, -0.25) is 0 Å². The maximum absolute atomic E-state index is 5.26. The molecule has 1 saturated heterocycles. The molecule has 1 N–H and O–H groups in total. The van der Waals surface area contributed by atoms with Crippen LogP contribution >= 0.6 is 0 Å². The molecular weight excluding hydrogens is 240 g/mol. The molecule has 0 aliphatic carbocycles. The van der Waals surface area contributed by atoms with E-state index in [0.717, 1.165) is 55.3 Å². The number of rotatable bonds is 2. The molecule has 1 fully saturated rings. The first-order valence-electron chi connectivity index (χ1n) is 6.76. The summed E-state index contributed by atoms with van der Waals surface area (Å²) < 4.78 is 7.43. The quantitative estimate of drug-likeness (QED) is 0.886. The number of hydrogen-bond acceptors (Lipinski definition) is 4. The minimum atomic E-state index is 0.856. The Kier molecular flexibility index (Phi) is 3.29. The lowest BCUT2D eigenvalue weighted by molar-refractivity contribution is 0.415. The van der Waals surface area contributed by atoms with Crippen LogP contribution in [0.4, 0.5) is 5.95 Å². The summed E-state index contributed by atoms with van der Waals surface area (Å²) >= 11 is 0. The van der Waals surface area contributed by atoms with E-state index in [1.54, 1.807) is 7.11 Å². The minimum absolute atomic E-state index is 0.856. The molecule has 19 heavy (non-hydrogen) atoms. The van der Waals surface area contributed by atoms with Crippen LogP contribution in [0.5, 0.6) is 5.75 Å². The molecule has 0 saturated carbocycles. The van der Waals surface area contributed by atoms with E-state index in [0.29, 0.717) is 0 Å². The van der Waals surface area contributed by atoms with Crippen molar-refractivity contribution in [1.82, 2.24) is 14.9 Å². The van der Waals surface area contributed by atoms with Crippen LogP contribution in [-0.4, -0.2) is 42.8 Å². The number of hydrogen-bond donors (Lipinski definition) is 1. The number of benzene rings is 1. The Morgan fingerprint density at radius 3 is 3.00 bits per heavy atom. The third-order valence-corrected chi connectivity index (χ3v) is 3.69. The van der Waals surface area contributed by atoms with E-state index >= 15 is 0 Å². The second kappa shape index (κ2) is 5.09. The van der Waals surface area contributed by atoms with E-state index in [1.807, 2.05) is 12.1 Å². The number of fused-ring (bicyclic) bond motifs is 1. The smallest absolute Gasteiger partial charge is 0.206 e. The average Bonchev–Trinajstić information content (AvgIpc) is 2.64. The highest BCUT2D eigenvalue weighted by Crippen LogP contribution is 2.25. The van der Waals surface area contributed by atoms with Crippen molar-refractivity contribution in [2.24, 2.45) is 7.05 Å². The zero-order valence-corrected chi connectivity index (χ0v) is 11.5. The molecule has 1 aromatic carbocycles. The number of anilines is 1. The monoisotopic (exact) mass is 260 g/mol. The minimum Gasteiger partial charge on any atom is -0.497 e. The van der Waals surface area contributed by atoms with Crippen molar-refractivity contribution in [3.8, 4) is 5.75 Å². The summed E-state index contributed by atoms with van der Waals surface area (Å²) in [5.74, 6) is 1.90. The highest BCUT2D eigenvalue weighted by molar-refractivity contribution is 5.80. The van der Waals surface area contributed by atoms with Gasteiger partial charge in [-0.2, -0.15) is 0 Å². The van der Waals surface area contributed by atoms with Gasteiger partial charge in [-0.25, -0.2) is 4.98 Å². The van der Waals surface area contributed by atoms with Crippen molar-refractivity contribution < 1.29 is 4.74 Å². The summed E-state index contributed by atoms with van der Waals surface area (Å²) in [7, 11) is 3.76. The Balaban J connectivity index is 2.00. The number of imidazole rings is 1. The first-order chi connectivity index (χ1) is 9.29. The fourth-order valence-electron chi connectivity index (χ4n) is 2.62. The van der Waals surface area contributed by atoms with Crippen LogP contribution < -0.4 is 15.0 Å². The van der Waals surface area contributed by atoms with E-state index < -0.39 is 0 Å². The predicted octanol–water partition coefficient (Wildman–Crippen LogP) is 1.38. The zero-order chi connectivity index (χ0) is 13.2. The fourth-order valence-corrected chi connectivity index (χ4v) is 2.62. The van der Waals surface area contributed by atoms with Crippen molar-refractivity contribution in [2.75, 3.05) is 38.2 Å². The highest BCUT2D eigenvalue weighted by atomic mass is 16.5. The van der Waals surface area contributed by atoms with Crippen molar-refractivity contribution in [3.63, 3.8) is 0 Å². The van der Waals surface area contributed by atoms with Crippen molar-refractivity contribution in [2.45, 2.75) is 6.42 Å². The molecule has 0 unspecified atom stereocenters. The van der Waals surface area contributed by atoms with Crippen molar-refractivity contribution in [3.05, 3.63) is 18.2 Å². The van der Waals surface area contributed by atoms with E-state index in [9.17, 15) is 0 Å². The Labute approximate surface area is 113 Å². The van der Waals surface area contributed by atoms with Gasteiger partial charge in [-0.05, 0) is 25.1 Å². The van der Waals surface area contributed by atoms with Crippen LogP contribution in [0.2, 0.25) is 0 Å². The van der Waals surface area contributed by atoms with Gasteiger partial charge in [-0.1, -0.05) is 0 Å². The van der Waals surface area contributed by atoms with Crippen molar-refractivity contribution in [1.29, 1.82) is 0 Å². The van der Waals surface area contributed by atoms with Gasteiger partial charge < -0.3 is 19.5 Å². The van der Waals surface area contributed by atoms with Crippen LogP contribution in [0.3, 0.4) is 0 Å².